The van der Waals surface area contributed by atoms with Crippen LogP contribution in [0.5, 0.6) is 5.95 Å². The second-order valence-corrected chi connectivity index (χ2v) is 8.68. The SMILES string of the molecule is COc1oc(CCC(C)=CC(C)=CC(C)=CC(C)=Cc2ccc([NH+]([O-])O)cc2)c(C)c(=O)c1C. The van der Waals surface area contributed by atoms with Gasteiger partial charge in [-0.15, -0.1) is 0 Å². The fourth-order valence-electron chi connectivity index (χ4n) is 3.80. The van der Waals surface area contributed by atoms with Gasteiger partial charge in [-0.3, -0.25) is 4.79 Å². The Kier molecular flexibility index (Phi) is 9.81. The Morgan fingerprint density at radius 3 is 2.18 bits per heavy atom. The highest BCUT2D eigenvalue weighted by Crippen LogP contribution is 2.21. The topological polar surface area (TPSA) is 87.2 Å². The number of ether oxygens (including phenoxy) is 1. The average Bonchev–Trinajstić information content (AvgIpc) is 2.77. The first-order valence-corrected chi connectivity index (χ1v) is 11.2. The summed E-state index contributed by atoms with van der Waals surface area (Å²) >= 11 is 0. The molecule has 0 spiro atoms. The van der Waals surface area contributed by atoms with Gasteiger partial charge in [0.2, 0.25) is 0 Å². The van der Waals surface area contributed by atoms with E-state index in [2.05, 4.69) is 32.1 Å². The minimum atomic E-state index is -0.926. The number of quaternary nitrogens is 1. The molecule has 6 heteroatoms. The largest absolute Gasteiger partial charge is 0.595 e. The molecule has 6 nitrogen and oxygen atoms in total. The quantitative estimate of drug-likeness (QED) is 0.375. The molecule has 1 atom stereocenters. The third-order valence-corrected chi connectivity index (χ3v) is 5.49. The lowest BCUT2D eigenvalue weighted by atomic mass is 10.0. The van der Waals surface area contributed by atoms with E-state index >= 15 is 0 Å². The Labute approximate surface area is 201 Å². The molecule has 1 aromatic heterocycles. The fourth-order valence-corrected chi connectivity index (χ4v) is 3.80. The summed E-state index contributed by atoms with van der Waals surface area (Å²) in [4.78, 5) is 12.4. The van der Waals surface area contributed by atoms with Crippen LogP contribution in [0.2, 0.25) is 0 Å². The van der Waals surface area contributed by atoms with Gasteiger partial charge < -0.3 is 14.4 Å². The molecule has 0 bridgehead atoms. The van der Waals surface area contributed by atoms with Gasteiger partial charge in [0.05, 0.1) is 12.7 Å². The van der Waals surface area contributed by atoms with Crippen molar-refractivity contribution in [3.8, 4) is 5.95 Å². The van der Waals surface area contributed by atoms with E-state index in [-0.39, 0.29) is 17.1 Å². The molecule has 0 saturated carbocycles. The molecule has 0 fully saturated rings. The molecular weight excluding hydrogens is 430 g/mol. The fraction of sp³-hybridized carbons (Fsp3) is 0.321. The van der Waals surface area contributed by atoms with E-state index in [0.717, 1.165) is 28.7 Å². The second-order valence-electron chi connectivity index (χ2n) is 8.68. The van der Waals surface area contributed by atoms with Gasteiger partial charge in [0.25, 0.3) is 5.95 Å². The molecule has 0 aliphatic rings. The standard InChI is InChI=1S/C28H35NO5/c1-18(8-13-26-22(5)27(30)23(6)28(33-7)34-26)14-19(2)15-20(3)16-21(4)17-24-9-11-25(12-10-24)29(31)32/h9-12,14-17,29,31H,8,13H2,1-7H3. The van der Waals surface area contributed by atoms with Crippen LogP contribution in [0.3, 0.4) is 0 Å². The van der Waals surface area contributed by atoms with E-state index in [1.54, 1.807) is 38.1 Å². The highest BCUT2D eigenvalue weighted by Gasteiger charge is 2.13. The average molecular weight is 466 g/mol. The van der Waals surface area contributed by atoms with Crippen LogP contribution in [0, 0.1) is 19.1 Å². The number of hydrogen-bond acceptors (Lipinski definition) is 5. The number of rotatable bonds is 9. The third-order valence-electron chi connectivity index (χ3n) is 5.49. The van der Waals surface area contributed by atoms with Crippen LogP contribution in [0.25, 0.3) is 6.08 Å². The Morgan fingerprint density at radius 2 is 1.59 bits per heavy atom. The van der Waals surface area contributed by atoms with Crippen LogP contribution in [0.4, 0.5) is 5.69 Å². The Morgan fingerprint density at radius 1 is 1.00 bits per heavy atom. The summed E-state index contributed by atoms with van der Waals surface area (Å²) in [6, 6.07) is 6.82. The monoisotopic (exact) mass is 465 g/mol. The summed E-state index contributed by atoms with van der Waals surface area (Å²) in [5.41, 5.74) is 6.84. The van der Waals surface area contributed by atoms with Crippen LogP contribution < -0.4 is 15.4 Å². The molecule has 0 aliphatic heterocycles. The van der Waals surface area contributed by atoms with Crippen molar-refractivity contribution in [2.45, 2.75) is 54.4 Å². The zero-order valence-corrected chi connectivity index (χ0v) is 21.1. The number of allylic oxidation sites excluding steroid dienone is 7. The minimum Gasteiger partial charge on any atom is -0.595 e. The highest BCUT2D eigenvalue weighted by atomic mass is 16.8. The van der Waals surface area contributed by atoms with Gasteiger partial charge in [-0.05, 0) is 65.7 Å². The van der Waals surface area contributed by atoms with E-state index in [1.807, 2.05) is 19.9 Å². The summed E-state index contributed by atoms with van der Waals surface area (Å²) < 4.78 is 11.0. The predicted octanol–water partition coefficient (Wildman–Crippen LogP) is 5.54. The molecule has 2 rings (SSSR count). The van der Waals surface area contributed by atoms with Crippen molar-refractivity contribution in [3.05, 3.63) is 103 Å². The van der Waals surface area contributed by atoms with Gasteiger partial charge in [-0.1, -0.05) is 46.6 Å². The summed E-state index contributed by atoms with van der Waals surface area (Å²) in [7, 11) is 1.51. The predicted molar refractivity (Wildman–Crippen MR) is 136 cm³/mol. The number of nitrogens with one attached hydrogen (secondary N) is 1. The van der Waals surface area contributed by atoms with E-state index in [4.69, 9.17) is 14.4 Å². The molecule has 0 amide bonds. The zero-order chi connectivity index (χ0) is 25.4. The maximum atomic E-state index is 12.4. The van der Waals surface area contributed by atoms with Crippen molar-refractivity contribution in [2.75, 3.05) is 7.11 Å². The van der Waals surface area contributed by atoms with Gasteiger partial charge in [-0.25, -0.2) is 5.21 Å². The maximum Gasteiger partial charge on any atom is 0.291 e. The van der Waals surface area contributed by atoms with Crippen LogP contribution in [-0.4, -0.2) is 12.3 Å². The van der Waals surface area contributed by atoms with Crippen molar-refractivity contribution < 1.29 is 19.6 Å². The first-order valence-electron chi connectivity index (χ1n) is 11.2. The molecule has 34 heavy (non-hydrogen) atoms. The molecule has 182 valence electrons. The van der Waals surface area contributed by atoms with E-state index in [1.165, 1.54) is 12.7 Å². The maximum absolute atomic E-state index is 12.4. The first kappa shape index (κ1) is 27.1. The van der Waals surface area contributed by atoms with Crippen LogP contribution in [-0.2, 0) is 6.42 Å². The molecule has 0 aliphatic carbocycles. The molecule has 2 aromatic rings. The lowest BCUT2D eigenvalue weighted by Crippen LogP contribution is -2.99. The summed E-state index contributed by atoms with van der Waals surface area (Å²) in [5, 5.41) is 19.1. The molecule has 1 unspecified atom stereocenters. The van der Waals surface area contributed by atoms with E-state index in [9.17, 15) is 10.0 Å². The normalized spacial score (nSPS) is 14.4. The summed E-state index contributed by atoms with van der Waals surface area (Å²) in [5.74, 6) is 0.945. The van der Waals surface area contributed by atoms with Crippen molar-refractivity contribution in [3.63, 3.8) is 0 Å². The van der Waals surface area contributed by atoms with Gasteiger partial charge in [-0.2, -0.15) is 5.23 Å². The Bertz CT molecular complexity index is 1180. The Balaban J connectivity index is 2.07. The van der Waals surface area contributed by atoms with Gasteiger partial charge in [0.1, 0.15) is 5.76 Å². The number of benzene rings is 1. The summed E-state index contributed by atoms with van der Waals surface area (Å²) in [6.45, 7) is 11.7. The van der Waals surface area contributed by atoms with Gasteiger partial charge in [0.15, 0.2) is 11.1 Å². The van der Waals surface area contributed by atoms with Crippen LogP contribution in [0.1, 0.15) is 56.6 Å². The number of hydrogen-bond donors (Lipinski definition) is 2. The second kappa shape index (κ2) is 12.3. The first-order chi connectivity index (χ1) is 16.0. The third kappa shape index (κ3) is 7.70. The smallest absolute Gasteiger partial charge is 0.291 e. The molecule has 1 heterocycles. The van der Waals surface area contributed by atoms with Crippen molar-refractivity contribution in [1.82, 2.24) is 0 Å². The molecule has 2 N–H and O–H groups in total. The van der Waals surface area contributed by atoms with Gasteiger partial charge in [0, 0.05) is 24.1 Å². The molecule has 0 saturated heterocycles. The molecular formula is C28H35NO5. The van der Waals surface area contributed by atoms with Crippen molar-refractivity contribution >= 4 is 11.8 Å². The van der Waals surface area contributed by atoms with Crippen molar-refractivity contribution in [1.29, 1.82) is 0 Å². The minimum absolute atomic E-state index is 0.0298. The summed E-state index contributed by atoms with van der Waals surface area (Å²) in [6.07, 6.45) is 9.77. The Hall–Kier alpha value is -3.19. The van der Waals surface area contributed by atoms with E-state index < -0.39 is 5.23 Å². The van der Waals surface area contributed by atoms with Crippen LogP contribution in [0.15, 0.2) is 74.0 Å². The number of aryl methyl sites for hydroxylation is 1. The zero-order valence-electron chi connectivity index (χ0n) is 21.1. The lowest BCUT2D eigenvalue weighted by molar-refractivity contribution is -0.991. The highest BCUT2D eigenvalue weighted by molar-refractivity contribution is 5.57. The van der Waals surface area contributed by atoms with Crippen molar-refractivity contribution in [2.24, 2.45) is 0 Å². The molecule has 0 radical (unpaired) electrons. The van der Waals surface area contributed by atoms with Gasteiger partial charge >= 0.3 is 0 Å². The molecule has 1 aromatic carbocycles. The number of methoxy groups -OCH3 is 1. The van der Waals surface area contributed by atoms with E-state index in [0.29, 0.717) is 23.3 Å². The lowest BCUT2D eigenvalue weighted by Gasteiger charge is -2.10. The van der Waals surface area contributed by atoms with Crippen LogP contribution >= 0.6 is 0 Å².